The third kappa shape index (κ3) is 3.48. The summed E-state index contributed by atoms with van der Waals surface area (Å²) >= 11 is 0. The lowest BCUT2D eigenvalue weighted by Crippen LogP contribution is -2.55. The zero-order chi connectivity index (χ0) is 18.0. The third-order valence-electron chi connectivity index (χ3n) is 5.26. The maximum Gasteiger partial charge on any atom is 0.264 e. The van der Waals surface area contributed by atoms with Crippen LogP contribution in [0.1, 0.15) is 23.2 Å². The second-order valence-corrected chi connectivity index (χ2v) is 6.84. The Labute approximate surface area is 147 Å². The van der Waals surface area contributed by atoms with Gasteiger partial charge in [-0.2, -0.15) is 0 Å². The Balaban J connectivity index is 1.72. The van der Waals surface area contributed by atoms with Crippen LogP contribution >= 0.6 is 0 Å². The standard InChI is InChI=1S/C18H25N3O4/c1-20(2)18(6-8-24-9-7-18)12-19-17(23)13-4-5-15-14(10-13)21(3)16(22)11-25-15/h4-5,10H,6-9,11-12H2,1-3H3,(H,19,23). The number of hydrogen-bond acceptors (Lipinski definition) is 5. The predicted molar refractivity (Wildman–Crippen MR) is 94.2 cm³/mol. The molecule has 0 aromatic heterocycles. The monoisotopic (exact) mass is 347 g/mol. The summed E-state index contributed by atoms with van der Waals surface area (Å²) in [7, 11) is 5.76. The molecule has 1 saturated heterocycles. The molecule has 2 heterocycles. The van der Waals surface area contributed by atoms with Gasteiger partial charge in [-0.05, 0) is 45.1 Å². The molecule has 2 amide bonds. The van der Waals surface area contributed by atoms with Crippen molar-refractivity contribution in [2.45, 2.75) is 18.4 Å². The maximum atomic E-state index is 12.6. The van der Waals surface area contributed by atoms with Crippen LogP contribution in [0.4, 0.5) is 5.69 Å². The Morgan fingerprint density at radius 1 is 1.32 bits per heavy atom. The predicted octanol–water partition coefficient (Wildman–Crippen LogP) is 0.882. The van der Waals surface area contributed by atoms with E-state index >= 15 is 0 Å². The highest BCUT2D eigenvalue weighted by Crippen LogP contribution is 2.32. The van der Waals surface area contributed by atoms with Crippen molar-refractivity contribution in [3.05, 3.63) is 23.8 Å². The highest BCUT2D eigenvalue weighted by Gasteiger charge is 2.35. The van der Waals surface area contributed by atoms with Crippen molar-refractivity contribution in [1.82, 2.24) is 10.2 Å². The first-order valence-corrected chi connectivity index (χ1v) is 8.50. The largest absolute Gasteiger partial charge is 0.482 e. The van der Waals surface area contributed by atoms with E-state index in [4.69, 9.17) is 9.47 Å². The van der Waals surface area contributed by atoms with E-state index in [2.05, 4.69) is 10.2 Å². The van der Waals surface area contributed by atoms with E-state index in [1.165, 1.54) is 4.90 Å². The summed E-state index contributed by atoms with van der Waals surface area (Å²) in [6, 6.07) is 5.17. The lowest BCUT2D eigenvalue weighted by atomic mass is 9.88. The molecule has 1 N–H and O–H groups in total. The van der Waals surface area contributed by atoms with Crippen molar-refractivity contribution < 1.29 is 19.1 Å². The van der Waals surface area contributed by atoms with Crippen LogP contribution < -0.4 is 15.0 Å². The van der Waals surface area contributed by atoms with Crippen LogP contribution in [-0.2, 0) is 9.53 Å². The number of anilines is 1. The van der Waals surface area contributed by atoms with Gasteiger partial charge >= 0.3 is 0 Å². The lowest BCUT2D eigenvalue weighted by Gasteiger charge is -2.42. The van der Waals surface area contributed by atoms with E-state index in [1.54, 1.807) is 25.2 Å². The molecule has 3 rings (SSSR count). The molecular formula is C18H25N3O4. The average Bonchev–Trinajstić information content (AvgIpc) is 2.63. The molecule has 7 heteroatoms. The highest BCUT2D eigenvalue weighted by atomic mass is 16.5. The number of nitrogens with one attached hydrogen (secondary N) is 1. The maximum absolute atomic E-state index is 12.6. The second-order valence-electron chi connectivity index (χ2n) is 6.84. The van der Waals surface area contributed by atoms with E-state index < -0.39 is 0 Å². The van der Waals surface area contributed by atoms with Gasteiger partial charge in [0.05, 0.1) is 5.69 Å². The first kappa shape index (κ1) is 17.7. The van der Waals surface area contributed by atoms with E-state index in [1.807, 2.05) is 14.1 Å². The topological polar surface area (TPSA) is 71.1 Å². The molecular weight excluding hydrogens is 322 g/mol. The molecule has 0 radical (unpaired) electrons. The van der Waals surface area contributed by atoms with E-state index in [0.717, 1.165) is 12.8 Å². The number of rotatable bonds is 4. The SMILES string of the molecule is CN1C(=O)COc2ccc(C(=O)NCC3(N(C)C)CCOCC3)cc21. The highest BCUT2D eigenvalue weighted by molar-refractivity contribution is 6.00. The minimum Gasteiger partial charge on any atom is -0.482 e. The van der Waals surface area contributed by atoms with Crippen LogP contribution in [0.15, 0.2) is 18.2 Å². The number of amides is 2. The fraction of sp³-hybridized carbons (Fsp3) is 0.556. The molecule has 0 aliphatic carbocycles. The van der Waals surface area contributed by atoms with Gasteiger partial charge in [-0.25, -0.2) is 0 Å². The van der Waals surface area contributed by atoms with Gasteiger partial charge < -0.3 is 24.6 Å². The minimum atomic E-state index is -0.151. The van der Waals surface area contributed by atoms with Gasteiger partial charge in [0.2, 0.25) is 0 Å². The molecule has 1 aromatic rings. The fourth-order valence-corrected chi connectivity index (χ4v) is 3.29. The van der Waals surface area contributed by atoms with Crippen LogP contribution in [0.2, 0.25) is 0 Å². The Bertz CT molecular complexity index is 668. The van der Waals surface area contributed by atoms with Crippen LogP contribution in [0.3, 0.4) is 0 Å². The Morgan fingerprint density at radius 2 is 2.04 bits per heavy atom. The molecule has 0 bridgehead atoms. The molecule has 1 aromatic carbocycles. The van der Waals surface area contributed by atoms with Crippen LogP contribution in [0.25, 0.3) is 0 Å². The van der Waals surface area contributed by atoms with Crippen LogP contribution in [0, 0.1) is 0 Å². The average molecular weight is 347 g/mol. The number of carbonyl (C=O) groups excluding carboxylic acids is 2. The smallest absolute Gasteiger partial charge is 0.264 e. The van der Waals surface area contributed by atoms with Gasteiger partial charge in [0.15, 0.2) is 6.61 Å². The fourth-order valence-electron chi connectivity index (χ4n) is 3.29. The zero-order valence-electron chi connectivity index (χ0n) is 15.0. The first-order chi connectivity index (χ1) is 11.9. The molecule has 0 unspecified atom stereocenters. The molecule has 136 valence electrons. The minimum absolute atomic E-state index is 0.0302. The van der Waals surface area contributed by atoms with Gasteiger partial charge in [-0.1, -0.05) is 0 Å². The molecule has 1 fully saturated rings. The summed E-state index contributed by atoms with van der Waals surface area (Å²) in [5.74, 6) is 0.341. The van der Waals surface area contributed by atoms with E-state index in [9.17, 15) is 9.59 Å². The summed E-state index contributed by atoms with van der Waals surface area (Å²) in [5.41, 5.74) is 1.06. The third-order valence-corrected chi connectivity index (χ3v) is 5.26. The number of likely N-dealkylation sites (N-methyl/N-ethyl adjacent to an activating group) is 2. The molecule has 0 spiro atoms. The summed E-state index contributed by atoms with van der Waals surface area (Å²) in [4.78, 5) is 28.1. The molecule has 0 atom stereocenters. The van der Waals surface area contributed by atoms with Crippen LogP contribution in [0.5, 0.6) is 5.75 Å². The Kier molecular flexibility index (Phi) is 4.96. The van der Waals surface area contributed by atoms with Gasteiger partial charge in [0, 0.05) is 37.9 Å². The molecule has 0 saturated carbocycles. The van der Waals surface area contributed by atoms with Crippen molar-refractivity contribution in [2.75, 3.05) is 52.4 Å². The van der Waals surface area contributed by atoms with Gasteiger partial charge in [-0.3, -0.25) is 9.59 Å². The number of fused-ring (bicyclic) bond motifs is 1. The number of hydrogen-bond donors (Lipinski definition) is 1. The van der Waals surface area contributed by atoms with E-state index in [0.29, 0.717) is 36.8 Å². The zero-order valence-corrected chi connectivity index (χ0v) is 15.0. The van der Waals surface area contributed by atoms with Crippen molar-refractivity contribution in [2.24, 2.45) is 0 Å². The van der Waals surface area contributed by atoms with E-state index in [-0.39, 0.29) is 24.0 Å². The Hall–Kier alpha value is -2.12. The van der Waals surface area contributed by atoms with Crippen molar-refractivity contribution >= 4 is 17.5 Å². The first-order valence-electron chi connectivity index (χ1n) is 8.50. The Morgan fingerprint density at radius 3 is 2.72 bits per heavy atom. The van der Waals surface area contributed by atoms with Crippen molar-refractivity contribution in [3.8, 4) is 5.75 Å². The van der Waals surface area contributed by atoms with Crippen molar-refractivity contribution in [3.63, 3.8) is 0 Å². The number of carbonyl (C=O) groups is 2. The summed E-state index contributed by atoms with van der Waals surface area (Å²) < 4.78 is 10.9. The number of ether oxygens (including phenoxy) is 2. The molecule has 7 nitrogen and oxygen atoms in total. The summed E-state index contributed by atoms with van der Waals surface area (Å²) in [6.45, 7) is 2.00. The lowest BCUT2D eigenvalue weighted by molar-refractivity contribution is -0.120. The van der Waals surface area contributed by atoms with Gasteiger partial charge in [0.25, 0.3) is 11.8 Å². The number of nitrogens with zero attached hydrogens (tertiary/aromatic N) is 2. The normalized spacial score (nSPS) is 19.4. The molecule has 25 heavy (non-hydrogen) atoms. The quantitative estimate of drug-likeness (QED) is 0.876. The van der Waals surface area contributed by atoms with Gasteiger partial charge in [-0.15, -0.1) is 0 Å². The number of benzene rings is 1. The van der Waals surface area contributed by atoms with Crippen molar-refractivity contribution in [1.29, 1.82) is 0 Å². The summed E-state index contributed by atoms with van der Waals surface area (Å²) in [5, 5.41) is 3.04. The molecule has 2 aliphatic rings. The second kappa shape index (κ2) is 7.01. The summed E-state index contributed by atoms with van der Waals surface area (Å²) in [6.07, 6.45) is 1.77. The van der Waals surface area contributed by atoms with Gasteiger partial charge in [0.1, 0.15) is 5.75 Å². The van der Waals surface area contributed by atoms with Crippen LogP contribution in [-0.4, -0.2) is 69.8 Å². The molecule has 2 aliphatic heterocycles.